The van der Waals surface area contributed by atoms with E-state index in [9.17, 15) is 0 Å². The quantitative estimate of drug-likeness (QED) is 0.101. The molecule has 0 saturated heterocycles. The van der Waals surface area contributed by atoms with Crippen molar-refractivity contribution >= 4 is 0 Å². The summed E-state index contributed by atoms with van der Waals surface area (Å²) in [6, 6.07) is 0. The molecule has 0 aliphatic carbocycles. The van der Waals surface area contributed by atoms with Gasteiger partial charge in [0.05, 0.1) is 13.1 Å². The van der Waals surface area contributed by atoms with E-state index in [1.807, 2.05) is 0 Å². The number of hydrogen-bond acceptors (Lipinski definition) is 0. The third kappa shape index (κ3) is 16.5. The third-order valence-electron chi connectivity index (χ3n) is 7.31. The van der Waals surface area contributed by atoms with Crippen LogP contribution < -0.4 is 4.57 Å². The molecule has 1 heterocycles. The molecule has 0 fully saturated rings. The van der Waals surface area contributed by atoms with Crippen molar-refractivity contribution < 1.29 is 4.57 Å². The van der Waals surface area contributed by atoms with Crippen LogP contribution in [0.3, 0.4) is 0 Å². The van der Waals surface area contributed by atoms with E-state index in [0.29, 0.717) is 0 Å². The van der Waals surface area contributed by atoms with E-state index in [0.717, 1.165) is 0 Å². The number of nitrogens with zero attached hydrogens (tertiary/aromatic N) is 2. The number of aryl methyl sites for hydroxylation is 2. The Hall–Kier alpha value is -0.790. The monoisotopic (exact) mass is 461 g/mol. The van der Waals surface area contributed by atoms with Gasteiger partial charge < -0.3 is 0 Å². The molecular formula is C31H61N2+. The third-order valence-corrected chi connectivity index (χ3v) is 7.31. The molecule has 0 unspecified atom stereocenters. The molecule has 0 aromatic carbocycles. The molecule has 2 heteroatoms. The van der Waals surface area contributed by atoms with Crippen molar-refractivity contribution in [2.45, 2.75) is 182 Å². The smallest absolute Gasteiger partial charge is 0.234 e. The summed E-state index contributed by atoms with van der Waals surface area (Å²) < 4.78 is 5.11. The second kappa shape index (κ2) is 23.0. The molecule has 0 bridgehead atoms. The number of rotatable bonds is 25. The Morgan fingerprint density at radius 2 is 0.939 bits per heavy atom. The first-order valence-corrected chi connectivity index (χ1v) is 15.4. The van der Waals surface area contributed by atoms with Crippen molar-refractivity contribution in [1.82, 2.24) is 4.57 Å². The Morgan fingerprint density at radius 1 is 0.515 bits per heavy atom. The van der Waals surface area contributed by atoms with Crippen molar-refractivity contribution in [3.05, 3.63) is 18.2 Å². The molecule has 0 atom stereocenters. The summed E-state index contributed by atoms with van der Waals surface area (Å²) in [4.78, 5) is 0. The Bertz CT molecular complexity index is 519. The summed E-state index contributed by atoms with van der Waals surface area (Å²) in [6.07, 6.45) is 37.2. The molecule has 33 heavy (non-hydrogen) atoms. The lowest BCUT2D eigenvalue weighted by atomic mass is 10.0. The zero-order chi connectivity index (χ0) is 23.8. The van der Waals surface area contributed by atoms with E-state index >= 15 is 0 Å². The molecule has 1 rings (SSSR count). The van der Waals surface area contributed by atoms with E-state index in [2.05, 4.69) is 42.3 Å². The number of imidazole rings is 1. The second-order valence-corrected chi connectivity index (χ2v) is 10.6. The summed E-state index contributed by atoms with van der Waals surface area (Å²) in [5.74, 6) is 1.59. The van der Waals surface area contributed by atoms with Crippen LogP contribution in [-0.2, 0) is 19.5 Å². The van der Waals surface area contributed by atoms with E-state index in [4.69, 9.17) is 0 Å². The van der Waals surface area contributed by atoms with Gasteiger partial charge in [0, 0.05) is 6.42 Å². The minimum absolute atomic E-state index is 1.18. The molecule has 0 aliphatic heterocycles. The van der Waals surface area contributed by atoms with Gasteiger partial charge in [-0.25, -0.2) is 9.13 Å². The summed E-state index contributed by atoms with van der Waals surface area (Å²) in [6.45, 7) is 9.31. The average Bonchev–Trinajstić information content (AvgIpc) is 3.20. The molecule has 194 valence electrons. The van der Waals surface area contributed by atoms with Gasteiger partial charge >= 0.3 is 0 Å². The predicted molar refractivity (Wildman–Crippen MR) is 147 cm³/mol. The van der Waals surface area contributed by atoms with Gasteiger partial charge in [0.2, 0.25) is 0 Å². The zero-order valence-corrected chi connectivity index (χ0v) is 23.2. The normalized spacial score (nSPS) is 11.5. The first-order chi connectivity index (χ1) is 16.3. The Kier molecular flexibility index (Phi) is 21.1. The highest BCUT2D eigenvalue weighted by Crippen LogP contribution is 2.14. The molecule has 0 N–H and O–H groups in total. The zero-order valence-electron chi connectivity index (χ0n) is 23.2. The summed E-state index contributed by atoms with van der Waals surface area (Å²) >= 11 is 0. The molecule has 1 aromatic heterocycles. The van der Waals surface area contributed by atoms with Crippen LogP contribution in [-0.4, -0.2) is 4.57 Å². The minimum Gasteiger partial charge on any atom is -0.234 e. The largest absolute Gasteiger partial charge is 0.256 e. The number of hydrogen-bond donors (Lipinski definition) is 0. The molecule has 2 nitrogen and oxygen atoms in total. The maximum atomic E-state index is 2.58. The second-order valence-electron chi connectivity index (χ2n) is 10.6. The van der Waals surface area contributed by atoms with Crippen LogP contribution in [0, 0.1) is 0 Å². The van der Waals surface area contributed by atoms with Gasteiger partial charge in [-0.2, -0.15) is 0 Å². The molecule has 0 saturated carbocycles. The van der Waals surface area contributed by atoms with Crippen LogP contribution in [0.15, 0.2) is 12.4 Å². The summed E-state index contributed by atoms with van der Waals surface area (Å²) in [7, 11) is 0. The topological polar surface area (TPSA) is 8.81 Å². The fourth-order valence-corrected chi connectivity index (χ4v) is 5.15. The Balaban J connectivity index is 2.14. The van der Waals surface area contributed by atoms with Crippen molar-refractivity contribution in [3.8, 4) is 0 Å². The first-order valence-electron chi connectivity index (χ1n) is 15.4. The van der Waals surface area contributed by atoms with Gasteiger partial charge in [-0.3, -0.25) is 0 Å². The summed E-state index contributed by atoms with van der Waals surface area (Å²) in [5, 5.41) is 0. The van der Waals surface area contributed by atoms with Gasteiger partial charge in [-0.15, -0.1) is 0 Å². The predicted octanol–water partition coefficient (Wildman–Crippen LogP) is 9.96. The lowest BCUT2D eigenvalue weighted by Crippen LogP contribution is -2.37. The highest BCUT2D eigenvalue weighted by Gasteiger charge is 2.15. The highest BCUT2D eigenvalue weighted by atomic mass is 15.1. The van der Waals surface area contributed by atoms with Crippen LogP contribution in [0.25, 0.3) is 0 Å². The van der Waals surface area contributed by atoms with Crippen molar-refractivity contribution in [1.29, 1.82) is 0 Å². The van der Waals surface area contributed by atoms with Crippen LogP contribution in [0.4, 0.5) is 0 Å². The average molecular weight is 462 g/mol. The van der Waals surface area contributed by atoms with Crippen LogP contribution in [0.5, 0.6) is 0 Å². The Labute approximate surface area is 208 Å². The van der Waals surface area contributed by atoms with E-state index in [1.54, 1.807) is 5.82 Å². The minimum atomic E-state index is 1.18. The van der Waals surface area contributed by atoms with Gasteiger partial charge in [0.1, 0.15) is 12.4 Å². The van der Waals surface area contributed by atoms with Crippen LogP contribution >= 0.6 is 0 Å². The maximum Gasteiger partial charge on any atom is 0.256 e. The molecular weight excluding hydrogens is 400 g/mol. The lowest BCUT2D eigenvalue weighted by Gasteiger charge is -2.06. The lowest BCUT2D eigenvalue weighted by molar-refractivity contribution is -0.703. The number of unbranched alkanes of at least 4 members (excludes halogenated alkanes) is 19. The summed E-state index contributed by atoms with van der Waals surface area (Å²) in [5.41, 5.74) is 0. The van der Waals surface area contributed by atoms with Gasteiger partial charge in [-0.05, 0) is 25.7 Å². The van der Waals surface area contributed by atoms with Gasteiger partial charge in [0.25, 0.3) is 5.82 Å². The van der Waals surface area contributed by atoms with Crippen LogP contribution in [0.1, 0.15) is 168 Å². The number of aromatic nitrogens is 2. The standard InChI is InChI=1S/C31H61N2/c1-4-7-9-11-13-15-16-17-18-20-22-24-26-31-32(27-6-3)29-30-33(31)28-25-23-21-19-14-12-10-8-5-2/h29-30H,4-28H2,1-3H3/q+1. The van der Waals surface area contributed by atoms with Gasteiger partial charge in [-0.1, -0.05) is 136 Å². The fourth-order valence-electron chi connectivity index (χ4n) is 5.15. The SMILES string of the molecule is CCCCCCCCCCCCCCc1n(CCCCCCCCCCC)cc[n+]1CCC. The molecule has 0 spiro atoms. The highest BCUT2D eigenvalue weighted by molar-refractivity contribution is 4.84. The van der Waals surface area contributed by atoms with Crippen molar-refractivity contribution in [2.75, 3.05) is 0 Å². The Morgan fingerprint density at radius 3 is 1.39 bits per heavy atom. The fraction of sp³-hybridized carbons (Fsp3) is 0.903. The van der Waals surface area contributed by atoms with Gasteiger partial charge in [0.15, 0.2) is 0 Å². The van der Waals surface area contributed by atoms with Crippen molar-refractivity contribution in [3.63, 3.8) is 0 Å². The molecule has 1 aromatic rings. The van der Waals surface area contributed by atoms with E-state index in [1.165, 1.54) is 161 Å². The van der Waals surface area contributed by atoms with E-state index < -0.39 is 0 Å². The van der Waals surface area contributed by atoms with E-state index in [-0.39, 0.29) is 0 Å². The molecule has 0 radical (unpaired) electrons. The molecule has 0 amide bonds. The van der Waals surface area contributed by atoms with Crippen molar-refractivity contribution in [2.24, 2.45) is 0 Å². The molecule has 0 aliphatic rings. The first kappa shape index (κ1) is 30.2. The maximum absolute atomic E-state index is 2.58. The van der Waals surface area contributed by atoms with Crippen LogP contribution in [0.2, 0.25) is 0 Å².